The lowest BCUT2D eigenvalue weighted by Crippen LogP contribution is -2.46. The monoisotopic (exact) mass is 320 g/mol. The van der Waals surface area contributed by atoms with E-state index >= 15 is 0 Å². The van der Waals surface area contributed by atoms with Crippen molar-refractivity contribution in [2.45, 2.75) is 57.3 Å². The fourth-order valence-corrected chi connectivity index (χ4v) is 5.27. The summed E-state index contributed by atoms with van der Waals surface area (Å²) in [5, 5.41) is 3.61. The number of rotatable bonds is 3. The molecular weight excluding hydrogens is 288 g/mol. The number of nitrogens with one attached hydrogen (secondary N) is 1. The van der Waals surface area contributed by atoms with E-state index in [4.69, 9.17) is 4.74 Å². The predicted molar refractivity (Wildman–Crippen MR) is 92.7 cm³/mol. The van der Waals surface area contributed by atoms with Crippen LogP contribution >= 0.6 is 0 Å². The molecule has 23 heavy (non-hydrogen) atoms. The normalized spacial score (nSPS) is 40.7. The Balaban J connectivity index is 1.27. The summed E-state index contributed by atoms with van der Waals surface area (Å²) >= 11 is 0. The van der Waals surface area contributed by atoms with Crippen LogP contribution < -0.4 is 5.32 Å². The first-order chi connectivity index (χ1) is 11.3. The third-order valence-corrected chi connectivity index (χ3v) is 6.59. The van der Waals surface area contributed by atoms with Gasteiger partial charge in [0.05, 0.1) is 12.2 Å². The van der Waals surface area contributed by atoms with Crippen LogP contribution in [0.4, 0.5) is 0 Å². The van der Waals surface area contributed by atoms with E-state index in [9.17, 15) is 0 Å². The van der Waals surface area contributed by atoms with Gasteiger partial charge in [-0.2, -0.15) is 0 Å². The maximum atomic E-state index is 6.08. The van der Waals surface area contributed by atoms with Gasteiger partial charge in [0.1, 0.15) is 0 Å². The minimum Gasteiger partial charge on any atom is -0.374 e. The van der Waals surface area contributed by atoms with E-state index in [1.807, 2.05) is 7.05 Å². The van der Waals surface area contributed by atoms with Gasteiger partial charge in [0.15, 0.2) is 5.96 Å². The second-order valence-electron chi connectivity index (χ2n) is 7.88. The topological polar surface area (TPSA) is 40.1 Å². The number of aliphatic imine (C=N–C) groups is 1. The molecule has 0 aromatic rings. The molecule has 4 fully saturated rings. The van der Waals surface area contributed by atoms with Gasteiger partial charge in [0.25, 0.3) is 0 Å². The zero-order valence-electron chi connectivity index (χ0n) is 14.7. The van der Waals surface area contributed by atoms with E-state index in [0.29, 0.717) is 12.2 Å². The highest BCUT2D eigenvalue weighted by Crippen LogP contribution is 2.47. The van der Waals surface area contributed by atoms with E-state index in [1.165, 1.54) is 38.6 Å². The fraction of sp³-hybridized carbons (Fsp3) is 0.944. The van der Waals surface area contributed by atoms with E-state index < -0.39 is 0 Å². The smallest absolute Gasteiger partial charge is 0.193 e. The second-order valence-corrected chi connectivity index (χ2v) is 7.88. The summed E-state index contributed by atoms with van der Waals surface area (Å²) in [5.41, 5.74) is 0. The van der Waals surface area contributed by atoms with Crippen LogP contribution in [-0.4, -0.2) is 73.8 Å². The van der Waals surface area contributed by atoms with Crippen LogP contribution in [0, 0.1) is 11.8 Å². The number of hydrogen-bond donors (Lipinski definition) is 1. The van der Waals surface area contributed by atoms with Crippen molar-refractivity contribution in [3.63, 3.8) is 0 Å². The van der Waals surface area contributed by atoms with Crippen molar-refractivity contribution < 1.29 is 4.74 Å². The molecule has 4 rings (SSSR count). The van der Waals surface area contributed by atoms with Crippen molar-refractivity contribution in [1.29, 1.82) is 0 Å². The number of piperidine rings is 1. The first-order valence-corrected chi connectivity index (χ1v) is 9.61. The number of likely N-dealkylation sites (tertiary alicyclic amines) is 2. The Morgan fingerprint density at radius 2 is 1.87 bits per heavy atom. The first-order valence-electron chi connectivity index (χ1n) is 9.61. The average Bonchev–Trinajstić information content (AvgIpc) is 3.25. The van der Waals surface area contributed by atoms with Crippen molar-refractivity contribution in [2.75, 3.05) is 39.8 Å². The molecule has 0 aromatic carbocycles. The number of ether oxygens (including phenoxy) is 1. The molecule has 0 radical (unpaired) electrons. The highest BCUT2D eigenvalue weighted by atomic mass is 16.5. The Kier molecular flexibility index (Phi) is 4.50. The highest BCUT2D eigenvalue weighted by Gasteiger charge is 2.53. The van der Waals surface area contributed by atoms with Gasteiger partial charge >= 0.3 is 0 Å². The van der Waals surface area contributed by atoms with Crippen molar-refractivity contribution in [2.24, 2.45) is 16.8 Å². The summed E-state index contributed by atoms with van der Waals surface area (Å²) in [6.45, 7) is 8.03. The summed E-state index contributed by atoms with van der Waals surface area (Å²) in [6, 6.07) is 0.742. The molecule has 4 saturated heterocycles. The van der Waals surface area contributed by atoms with Gasteiger partial charge in [-0.1, -0.05) is 6.42 Å². The molecule has 5 heteroatoms. The van der Waals surface area contributed by atoms with Crippen LogP contribution in [0.3, 0.4) is 0 Å². The second kappa shape index (κ2) is 6.60. The van der Waals surface area contributed by atoms with E-state index in [1.54, 1.807) is 0 Å². The van der Waals surface area contributed by atoms with Crippen LogP contribution in [0.25, 0.3) is 0 Å². The molecule has 1 N–H and O–H groups in total. The molecule has 4 heterocycles. The quantitative estimate of drug-likeness (QED) is 0.633. The summed E-state index contributed by atoms with van der Waals surface area (Å²) in [7, 11) is 1.92. The molecule has 0 aromatic heterocycles. The maximum absolute atomic E-state index is 6.08. The molecule has 0 spiro atoms. The molecular formula is C18H32N4O. The zero-order chi connectivity index (χ0) is 15.8. The largest absolute Gasteiger partial charge is 0.374 e. The number of hydrogen-bond acceptors (Lipinski definition) is 3. The molecule has 2 bridgehead atoms. The molecule has 0 aliphatic carbocycles. The first kappa shape index (κ1) is 15.7. The highest BCUT2D eigenvalue weighted by molar-refractivity contribution is 5.80. The van der Waals surface area contributed by atoms with Crippen molar-refractivity contribution >= 4 is 5.96 Å². The molecule has 0 amide bonds. The Morgan fingerprint density at radius 1 is 1.13 bits per heavy atom. The molecule has 5 unspecified atom stereocenters. The van der Waals surface area contributed by atoms with Gasteiger partial charge in [-0.3, -0.25) is 9.89 Å². The van der Waals surface area contributed by atoms with Crippen molar-refractivity contribution in [3.05, 3.63) is 0 Å². The minimum atomic E-state index is 0.530. The predicted octanol–water partition coefficient (Wildman–Crippen LogP) is 1.55. The van der Waals surface area contributed by atoms with Crippen LogP contribution in [0.2, 0.25) is 0 Å². The summed E-state index contributed by atoms with van der Waals surface area (Å²) in [4.78, 5) is 9.64. The molecule has 5 nitrogen and oxygen atoms in total. The zero-order valence-corrected chi connectivity index (χ0v) is 14.7. The maximum Gasteiger partial charge on any atom is 0.193 e. The molecule has 4 aliphatic heterocycles. The van der Waals surface area contributed by atoms with Gasteiger partial charge in [-0.05, 0) is 39.2 Å². The molecule has 0 saturated carbocycles. The van der Waals surface area contributed by atoms with Crippen molar-refractivity contribution in [1.82, 2.24) is 15.1 Å². The van der Waals surface area contributed by atoms with Crippen molar-refractivity contribution in [3.8, 4) is 0 Å². The van der Waals surface area contributed by atoms with E-state index in [0.717, 1.165) is 50.0 Å². The molecule has 4 aliphatic rings. The van der Waals surface area contributed by atoms with Gasteiger partial charge in [-0.25, -0.2) is 0 Å². The number of guanidine groups is 1. The average molecular weight is 320 g/mol. The Bertz CT molecular complexity index is 436. The lowest BCUT2D eigenvalue weighted by Gasteiger charge is -2.33. The van der Waals surface area contributed by atoms with Crippen LogP contribution in [0.15, 0.2) is 4.99 Å². The number of nitrogens with zero attached hydrogens (tertiary/aromatic N) is 3. The fourth-order valence-electron chi connectivity index (χ4n) is 5.27. The lowest BCUT2D eigenvalue weighted by molar-refractivity contribution is 0.0766. The van der Waals surface area contributed by atoms with Crippen LogP contribution in [0.5, 0.6) is 0 Å². The SMILES string of the molecule is CN=C(NCCN1CCCCC1C)N1CC2C3CCC(O3)C2C1. The summed E-state index contributed by atoms with van der Waals surface area (Å²) in [6.07, 6.45) is 7.72. The third kappa shape index (κ3) is 2.98. The van der Waals surface area contributed by atoms with Crippen LogP contribution in [0.1, 0.15) is 39.0 Å². The number of fused-ring (bicyclic) bond motifs is 5. The standard InChI is InChI=1S/C18H32N4O/c1-13-5-3-4-9-21(13)10-8-20-18(19-2)22-11-14-15(12-22)17-7-6-16(14)23-17/h13-17H,3-12H2,1-2H3,(H,19,20). The summed E-state index contributed by atoms with van der Waals surface area (Å²) in [5.74, 6) is 2.59. The van der Waals surface area contributed by atoms with E-state index in [2.05, 4.69) is 27.0 Å². The van der Waals surface area contributed by atoms with Gasteiger partial charge < -0.3 is 15.0 Å². The molecule has 130 valence electrons. The Hall–Kier alpha value is -0.810. The third-order valence-electron chi connectivity index (χ3n) is 6.59. The lowest BCUT2D eigenvalue weighted by atomic mass is 9.82. The van der Waals surface area contributed by atoms with Gasteiger partial charge in [-0.15, -0.1) is 0 Å². The van der Waals surface area contributed by atoms with E-state index in [-0.39, 0.29) is 0 Å². The summed E-state index contributed by atoms with van der Waals surface area (Å²) < 4.78 is 6.08. The Labute approximate surface area is 140 Å². The van der Waals surface area contributed by atoms with Gasteiger partial charge in [0.2, 0.25) is 0 Å². The Morgan fingerprint density at radius 3 is 2.52 bits per heavy atom. The van der Waals surface area contributed by atoms with Crippen LogP contribution in [-0.2, 0) is 4.74 Å². The van der Waals surface area contributed by atoms with Gasteiger partial charge in [0, 0.05) is 51.1 Å². The molecule has 5 atom stereocenters. The minimum absolute atomic E-state index is 0.530.